The first-order valence-corrected chi connectivity index (χ1v) is 4.42. The highest BCUT2D eigenvalue weighted by Gasteiger charge is 2.11. The van der Waals surface area contributed by atoms with E-state index in [0.717, 1.165) is 12.5 Å². The van der Waals surface area contributed by atoms with E-state index in [1.807, 2.05) is 0 Å². The van der Waals surface area contributed by atoms with E-state index in [1.165, 1.54) is 38.5 Å². The molecule has 0 unspecified atom stereocenters. The molecule has 10 heavy (non-hydrogen) atoms. The quantitative estimate of drug-likeness (QED) is 0.588. The van der Waals surface area contributed by atoms with E-state index in [2.05, 4.69) is 0 Å². The average Bonchev–Trinajstić information content (AvgIpc) is 2.03. The highest BCUT2D eigenvalue weighted by atomic mass is 16.5. The molecule has 0 atom stereocenters. The van der Waals surface area contributed by atoms with Gasteiger partial charge in [-0.2, -0.15) is 0 Å². The van der Waals surface area contributed by atoms with Crippen LogP contribution in [-0.2, 0) is 4.74 Å². The van der Waals surface area contributed by atoms with Crippen molar-refractivity contribution >= 4 is 0 Å². The average molecular weight is 142 g/mol. The van der Waals surface area contributed by atoms with E-state index in [1.54, 1.807) is 7.11 Å². The minimum Gasteiger partial charge on any atom is -0.385 e. The maximum Gasteiger partial charge on any atom is 0.0464 e. The predicted octanol–water partition coefficient (Wildman–Crippen LogP) is 2.60. The molecule has 1 rings (SSSR count). The molecular formula is C9H18O. The van der Waals surface area contributed by atoms with E-state index in [9.17, 15) is 0 Å². The van der Waals surface area contributed by atoms with Gasteiger partial charge in [-0.05, 0) is 12.3 Å². The Morgan fingerprint density at radius 2 is 1.90 bits per heavy atom. The molecule has 0 heterocycles. The van der Waals surface area contributed by atoms with E-state index in [-0.39, 0.29) is 0 Å². The lowest BCUT2D eigenvalue weighted by Gasteiger charge is -2.20. The number of ether oxygens (including phenoxy) is 1. The second kappa shape index (κ2) is 4.73. The van der Waals surface area contributed by atoms with Crippen molar-refractivity contribution in [1.29, 1.82) is 0 Å². The van der Waals surface area contributed by atoms with Crippen molar-refractivity contribution in [2.24, 2.45) is 5.92 Å². The van der Waals surface area contributed by atoms with Gasteiger partial charge in [0.2, 0.25) is 0 Å². The molecule has 0 saturated heterocycles. The van der Waals surface area contributed by atoms with Crippen molar-refractivity contribution in [3.8, 4) is 0 Å². The van der Waals surface area contributed by atoms with Crippen molar-refractivity contribution < 1.29 is 4.74 Å². The zero-order valence-electron chi connectivity index (χ0n) is 6.94. The molecule has 0 N–H and O–H groups in total. The maximum absolute atomic E-state index is 5.04. The van der Waals surface area contributed by atoms with Crippen LogP contribution >= 0.6 is 0 Å². The predicted molar refractivity (Wildman–Crippen MR) is 43.1 cm³/mol. The summed E-state index contributed by atoms with van der Waals surface area (Å²) in [7, 11) is 1.79. The molecule has 1 saturated carbocycles. The molecule has 0 aromatic carbocycles. The molecule has 1 nitrogen and oxygen atoms in total. The standard InChI is InChI=1S/C9H18O/c1-10-8-7-9-5-3-2-4-6-9/h9H,2-8H2,1H3. The smallest absolute Gasteiger partial charge is 0.0464 e. The van der Waals surface area contributed by atoms with Crippen LogP contribution in [0.3, 0.4) is 0 Å². The van der Waals surface area contributed by atoms with Gasteiger partial charge >= 0.3 is 0 Å². The van der Waals surface area contributed by atoms with E-state index in [0.29, 0.717) is 0 Å². The van der Waals surface area contributed by atoms with Gasteiger partial charge in [0.25, 0.3) is 0 Å². The second-order valence-corrected chi connectivity index (χ2v) is 3.29. The third-order valence-electron chi connectivity index (χ3n) is 2.45. The summed E-state index contributed by atoms with van der Waals surface area (Å²) in [5, 5.41) is 0. The third-order valence-corrected chi connectivity index (χ3v) is 2.45. The summed E-state index contributed by atoms with van der Waals surface area (Å²) in [6.45, 7) is 0.963. The Morgan fingerprint density at radius 3 is 2.50 bits per heavy atom. The third kappa shape index (κ3) is 2.70. The van der Waals surface area contributed by atoms with Crippen LogP contribution in [0.25, 0.3) is 0 Å². The molecule has 0 amide bonds. The Labute approximate surface area is 63.8 Å². The fourth-order valence-corrected chi connectivity index (χ4v) is 1.76. The Hall–Kier alpha value is -0.0400. The molecule has 1 heteroatoms. The molecular weight excluding hydrogens is 124 g/mol. The Bertz CT molecular complexity index is 74.8. The van der Waals surface area contributed by atoms with Crippen molar-refractivity contribution in [3.63, 3.8) is 0 Å². The molecule has 0 aromatic heterocycles. The van der Waals surface area contributed by atoms with Gasteiger partial charge in [-0.3, -0.25) is 0 Å². The maximum atomic E-state index is 5.04. The van der Waals surface area contributed by atoms with Gasteiger partial charge in [-0.1, -0.05) is 32.1 Å². The summed E-state index contributed by atoms with van der Waals surface area (Å²) in [6.07, 6.45) is 8.55. The minimum absolute atomic E-state index is 0.963. The summed E-state index contributed by atoms with van der Waals surface area (Å²) in [5.74, 6) is 0.980. The first kappa shape index (κ1) is 8.06. The normalized spacial score (nSPS) is 21.3. The van der Waals surface area contributed by atoms with Gasteiger partial charge in [0.15, 0.2) is 0 Å². The van der Waals surface area contributed by atoms with Crippen molar-refractivity contribution in [2.75, 3.05) is 13.7 Å². The van der Waals surface area contributed by atoms with E-state index >= 15 is 0 Å². The Balaban J connectivity index is 2.02. The lowest BCUT2D eigenvalue weighted by atomic mass is 9.87. The van der Waals surface area contributed by atoms with Crippen LogP contribution in [0.15, 0.2) is 0 Å². The second-order valence-electron chi connectivity index (χ2n) is 3.29. The first-order chi connectivity index (χ1) is 4.93. The number of rotatable bonds is 3. The lowest BCUT2D eigenvalue weighted by molar-refractivity contribution is 0.166. The highest BCUT2D eigenvalue weighted by molar-refractivity contribution is 4.64. The number of hydrogen-bond donors (Lipinski definition) is 0. The summed E-state index contributed by atoms with van der Waals surface area (Å²) < 4.78 is 5.04. The summed E-state index contributed by atoms with van der Waals surface area (Å²) >= 11 is 0. The largest absolute Gasteiger partial charge is 0.385 e. The van der Waals surface area contributed by atoms with Crippen LogP contribution in [-0.4, -0.2) is 13.7 Å². The van der Waals surface area contributed by atoms with E-state index in [4.69, 9.17) is 4.74 Å². The SMILES string of the molecule is COCCC1CCCCC1. The summed E-state index contributed by atoms with van der Waals surface area (Å²) in [4.78, 5) is 0. The monoisotopic (exact) mass is 142 g/mol. The molecule has 0 aliphatic heterocycles. The molecule has 60 valence electrons. The van der Waals surface area contributed by atoms with Gasteiger partial charge in [-0.25, -0.2) is 0 Å². The highest BCUT2D eigenvalue weighted by Crippen LogP contribution is 2.25. The summed E-state index contributed by atoms with van der Waals surface area (Å²) in [5.41, 5.74) is 0. The van der Waals surface area contributed by atoms with Crippen LogP contribution in [0.5, 0.6) is 0 Å². The zero-order chi connectivity index (χ0) is 7.23. The van der Waals surface area contributed by atoms with Crippen molar-refractivity contribution in [3.05, 3.63) is 0 Å². The first-order valence-electron chi connectivity index (χ1n) is 4.42. The minimum atomic E-state index is 0.963. The molecule has 0 spiro atoms. The van der Waals surface area contributed by atoms with Gasteiger partial charge < -0.3 is 4.74 Å². The Kier molecular flexibility index (Phi) is 3.81. The fraction of sp³-hybridized carbons (Fsp3) is 1.00. The van der Waals surface area contributed by atoms with Crippen LogP contribution < -0.4 is 0 Å². The van der Waals surface area contributed by atoms with Gasteiger partial charge in [-0.15, -0.1) is 0 Å². The van der Waals surface area contributed by atoms with Crippen LogP contribution in [0.4, 0.5) is 0 Å². The van der Waals surface area contributed by atoms with Gasteiger partial charge in [0, 0.05) is 13.7 Å². The van der Waals surface area contributed by atoms with Crippen LogP contribution in [0.1, 0.15) is 38.5 Å². The fourth-order valence-electron chi connectivity index (χ4n) is 1.76. The lowest BCUT2D eigenvalue weighted by Crippen LogP contribution is -2.08. The number of hydrogen-bond acceptors (Lipinski definition) is 1. The molecule has 0 bridgehead atoms. The zero-order valence-corrected chi connectivity index (χ0v) is 6.94. The van der Waals surface area contributed by atoms with Crippen molar-refractivity contribution in [2.45, 2.75) is 38.5 Å². The van der Waals surface area contributed by atoms with Crippen LogP contribution in [0, 0.1) is 5.92 Å². The van der Waals surface area contributed by atoms with Crippen molar-refractivity contribution in [1.82, 2.24) is 0 Å². The molecule has 0 radical (unpaired) electrons. The molecule has 1 aliphatic carbocycles. The number of methoxy groups -OCH3 is 1. The summed E-state index contributed by atoms with van der Waals surface area (Å²) in [6, 6.07) is 0. The molecule has 1 fully saturated rings. The molecule has 1 aliphatic rings. The topological polar surface area (TPSA) is 9.23 Å². The van der Waals surface area contributed by atoms with Crippen LogP contribution in [0.2, 0.25) is 0 Å². The molecule has 0 aromatic rings. The van der Waals surface area contributed by atoms with E-state index < -0.39 is 0 Å². The van der Waals surface area contributed by atoms with Gasteiger partial charge in [0.05, 0.1) is 0 Å². The Morgan fingerprint density at radius 1 is 1.20 bits per heavy atom. The van der Waals surface area contributed by atoms with Gasteiger partial charge in [0.1, 0.15) is 0 Å².